The third-order valence-corrected chi connectivity index (χ3v) is 4.60. The molecule has 1 saturated heterocycles. The van der Waals surface area contributed by atoms with Crippen LogP contribution in [0.15, 0.2) is 17.5 Å². The maximum absolute atomic E-state index is 12.0. The zero-order valence-electron chi connectivity index (χ0n) is 10.1. The highest BCUT2D eigenvalue weighted by molar-refractivity contribution is 7.10. The van der Waals surface area contributed by atoms with Gasteiger partial charge in [-0.25, -0.2) is 0 Å². The second kappa shape index (κ2) is 4.42. The van der Waals surface area contributed by atoms with Gasteiger partial charge in [0.1, 0.15) is 6.17 Å². The molecule has 1 aliphatic carbocycles. The first-order chi connectivity index (χ1) is 8.25. The van der Waals surface area contributed by atoms with Gasteiger partial charge in [0, 0.05) is 10.9 Å². The molecule has 0 radical (unpaired) electrons. The molecule has 4 heteroatoms. The van der Waals surface area contributed by atoms with Crippen LogP contribution in [0.2, 0.25) is 0 Å². The van der Waals surface area contributed by atoms with Crippen LogP contribution < -0.4 is 5.32 Å². The molecule has 1 amide bonds. The first-order valence-electron chi connectivity index (χ1n) is 6.33. The molecule has 0 aromatic carbocycles. The van der Waals surface area contributed by atoms with E-state index in [2.05, 4.69) is 23.7 Å². The van der Waals surface area contributed by atoms with E-state index in [1.54, 1.807) is 11.3 Å². The quantitative estimate of drug-likeness (QED) is 0.889. The van der Waals surface area contributed by atoms with Crippen molar-refractivity contribution in [3.63, 3.8) is 0 Å². The summed E-state index contributed by atoms with van der Waals surface area (Å²) in [5.74, 6) is 1.11. The molecule has 3 rings (SSSR count). The summed E-state index contributed by atoms with van der Waals surface area (Å²) in [6, 6.07) is 4.52. The van der Waals surface area contributed by atoms with Crippen molar-refractivity contribution >= 4 is 17.2 Å². The van der Waals surface area contributed by atoms with Crippen molar-refractivity contribution in [2.75, 3.05) is 6.54 Å². The number of amides is 1. The number of nitrogens with zero attached hydrogens (tertiary/aromatic N) is 1. The van der Waals surface area contributed by atoms with Gasteiger partial charge in [-0.3, -0.25) is 10.1 Å². The van der Waals surface area contributed by atoms with Crippen molar-refractivity contribution in [1.82, 2.24) is 10.2 Å². The predicted octanol–water partition coefficient (Wildman–Crippen LogP) is 2.37. The molecule has 1 aliphatic heterocycles. The van der Waals surface area contributed by atoms with Crippen molar-refractivity contribution in [1.29, 1.82) is 0 Å². The second-order valence-corrected chi connectivity index (χ2v) is 6.11. The number of carbonyl (C=O) groups excluding carboxylic acids is 1. The lowest BCUT2D eigenvalue weighted by atomic mass is 10.1. The lowest BCUT2D eigenvalue weighted by Gasteiger charge is -2.30. The van der Waals surface area contributed by atoms with Gasteiger partial charge in [-0.15, -0.1) is 11.3 Å². The largest absolute Gasteiger partial charge is 0.318 e. The van der Waals surface area contributed by atoms with E-state index in [1.165, 1.54) is 17.7 Å². The Labute approximate surface area is 106 Å². The minimum Gasteiger partial charge on any atom is -0.318 e. The van der Waals surface area contributed by atoms with E-state index in [0.29, 0.717) is 12.6 Å². The summed E-state index contributed by atoms with van der Waals surface area (Å²) < 4.78 is 0. The van der Waals surface area contributed by atoms with E-state index < -0.39 is 0 Å². The molecule has 1 aromatic heterocycles. The molecular formula is C13H18N2OS. The van der Waals surface area contributed by atoms with Crippen LogP contribution in [-0.2, 0) is 4.79 Å². The summed E-state index contributed by atoms with van der Waals surface area (Å²) in [5, 5.41) is 5.39. The van der Waals surface area contributed by atoms with Crippen LogP contribution in [0.5, 0.6) is 0 Å². The highest BCUT2D eigenvalue weighted by Crippen LogP contribution is 2.37. The molecule has 2 unspecified atom stereocenters. The summed E-state index contributed by atoms with van der Waals surface area (Å²) in [4.78, 5) is 15.3. The fourth-order valence-corrected chi connectivity index (χ4v) is 3.45. The van der Waals surface area contributed by atoms with E-state index in [0.717, 1.165) is 12.3 Å². The molecule has 2 atom stereocenters. The van der Waals surface area contributed by atoms with Gasteiger partial charge < -0.3 is 4.90 Å². The molecule has 17 heavy (non-hydrogen) atoms. The number of hydrogen-bond acceptors (Lipinski definition) is 3. The van der Waals surface area contributed by atoms with E-state index in [1.807, 2.05) is 11.0 Å². The van der Waals surface area contributed by atoms with E-state index >= 15 is 0 Å². The zero-order valence-corrected chi connectivity index (χ0v) is 10.9. The fourth-order valence-electron chi connectivity index (χ4n) is 2.65. The lowest BCUT2D eigenvalue weighted by molar-refractivity contribution is -0.130. The molecule has 2 fully saturated rings. The van der Waals surface area contributed by atoms with Crippen molar-refractivity contribution < 1.29 is 4.79 Å². The standard InChI is InChI=1S/C13H18N2OS/c1-9(7-10-4-5-10)15-12(16)8-14-13(15)11-3-2-6-17-11/h2-3,6,9-10,13-14H,4-5,7-8H2,1H3. The molecule has 92 valence electrons. The van der Waals surface area contributed by atoms with E-state index in [9.17, 15) is 4.79 Å². The second-order valence-electron chi connectivity index (χ2n) is 5.13. The molecule has 1 saturated carbocycles. The predicted molar refractivity (Wildman–Crippen MR) is 68.7 cm³/mol. The molecule has 1 N–H and O–H groups in total. The maximum atomic E-state index is 12.0. The number of hydrogen-bond donors (Lipinski definition) is 1. The van der Waals surface area contributed by atoms with Crippen LogP contribution in [0.3, 0.4) is 0 Å². The summed E-state index contributed by atoms with van der Waals surface area (Å²) >= 11 is 1.72. The topological polar surface area (TPSA) is 32.3 Å². The Morgan fingerprint density at radius 3 is 3.06 bits per heavy atom. The molecular weight excluding hydrogens is 232 g/mol. The Morgan fingerprint density at radius 1 is 1.59 bits per heavy atom. The van der Waals surface area contributed by atoms with Crippen molar-refractivity contribution in [2.24, 2.45) is 5.92 Å². The van der Waals surface area contributed by atoms with Crippen molar-refractivity contribution in [3.05, 3.63) is 22.4 Å². The molecule has 0 bridgehead atoms. The van der Waals surface area contributed by atoms with Gasteiger partial charge in [-0.1, -0.05) is 18.9 Å². The summed E-state index contributed by atoms with van der Waals surface area (Å²) in [6.45, 7) is 2.67. The number of rotatable bonds is 4. The molecule has 1 aromatic rings. The summed E-state index contributed by atoms with van der Waals surface area (Å²) in [6.07, 6.45) is 3.97. The Kier molecular flexibility index (Phi) is 2.92. The normalized spacial score (nSPS) is 26.5. The first kappa shape index (κ1) is 11.2. The summed E-state index contributed by atoms with van der Waals surface area (Å²) in [7, 11) is 0. The monoisotopic (exact) mass is 250 g/mol. The maximum Gasteiger partial charge on any atom is 0.238 e. The first-order valence-corrected chi connectivity index (χ1v) is 7.21. The van der Waals surface area contributed by atoms with Crippen LogP contribution in [-0.4, -0.2) is 23.4 Å². The summed E-state index contributed by atoms with van der Waals surface area (Å²) in [5.41, 5.74) is 0. The Morgan fingerprint density at radius 2 is 2.41 bits per heavy atom. The van der Waals surface area contributed by atoms with Crippen LogP contribution in [0.1, 0.15) is 37.2 Å². The van der Waals surface area contributed by atoms with Crippen LogP contribution in [0, 0.1) is 5.92 Å². The van der Waals surface area contributed by atoms with E-state index in [-0.39, 0.29) is 12.1 Å². The molecule has 3 nitrogen and oxygen atoms in total. The average Bonchev–Trinajstić information content (AvgIpc) is 2.82. The van der Waals surface area contributed by atoms with Gasteiger partial charge in [-0.2, -0.15) is 0 Å². The van der Waals surface area contributed by atoms with Gasteiger partial charge >= 0.3 is 0 Å². The zero-order chi connectivity index (χ0) is 11.8. The van der Waals surface area contributed by atoms with Crippen LogP contribution >= 0.6 is 11.3 Å². The SMILES string of the molecule is CC(CC1CC1)N1C(=O)CNC1c1cccs1. The van der Waals surface area contributed by atoms with Gasteiger partial charge in [0.2, 0.25) is 5.91 Å². The minimum absolute atomic E-state index is 0.108. The Balaban J connectivity index is 1.76. The minimum atomic E-state index is 0.108. The molecule has 0 spiro atoms. The third kappa shape index (κ3) is 2.24. The van der Waals surface area contributed by atoms with Crippen molar-refractivity contribution in [2.45, 2.75) is 38.4 Å². The van der Waals surface area contributed by atoms with Gasteiger partial charge in [0.25, 0.3) is 0 Å². The van der Waals surface area contributed by atoms with E-state index in [4.69, 9.17) is 0 Å². The third-order valence-electron chi connectivity index (χ3n) is 3.67. The molecule has 2 aliphatic rings. The van der Waals surface area contributed by atoms with Crippen LogP contribution in [0.4, 0.5) is 0 Å². The highest BCUT2D eigenvalue weighted by atomic mass is 32.1. The van der Waals surface area contributed by atoms with Crippen LogP contribution in [0.25, 0.3) is 0 Å². The highest BCUT2D eigenvalue weighted by Gasteiger charge is 2.37. The number of carbonyl (C=O) groups is 1. The average molecular weight is 250 g/mol. The van der Waals surface area contributed by atoms with Gasteiger partial charge in [0.15, 0.2) is 0 Å². The Bertz CT molecular complexity index is 400. The molecule has 2 heterocycles. The number of thiophene rings is 1. The number of nitrogens with one attached hydrogen (secondary N) is 1. The Hall–Kier alpha value is -0.870. The van der Waals surface area contributed by atoms with Gasteiger partial charge in [0.05, 0.1) is 6.54 Å². The van der Waals surface area contributed by atoms with Crippen molar-refractivity contribution in [3.8, 4) is 0 Å². The van der Waals surface area contributed by atoms with Gasteiger partial charge in [-0.05, 0) is 30.7 Å². The fraction of sp³-hybridized carbons (Fsp3) is 0.615. The lowest BCUT2D eigenvalue weighted by Crippen LogP contribution is -2.37. The smallest absolute Gasteiger partial charge is 0.238 e.